The fourth-order valence-corrected chi connectivity index (χ4v) is 1.92. The number of furan rings is 1. The molecule has 2 rings (SSSR count). The van der Waals surface area contributed by atoms with Crippen LogP contribution in [-0.2, 0) is 0 Å². The zero-order chi connectivity index (χ0) is 15.6. The predicted molar refractivity (Wildman–Crippen MR) is 78.1 cm³/mol. The van der Waals surface area contributed by atoms with Crippen LogP contribution in [0.15, 0.2) is 34.7 Å². The van der Waals surface area contributed by atoms with Crippen molar-refractivity contribution in [2.24, 2.45) is 0 Å². The Bertz CT molecular complexity index is 671. The van der Waals surface area contributed by atoms with Gasteiger partial charge in [-0.2, -0.15) is 0 Å². The van der Waals surface area contributed by atoms with E-state index in [0.29, 0.717) is 11.3 Å². The molecule has 1 aromatic carbocycles. The Balaban J connectivity index is 2.29. The van der Waals surface area contributed by atoms with Gasteiger partial charge in [0.15, 0.2) is 5.76 Å². The summed E-state index contributed by atoms with van der Waals surface area (Å²) in [5.41, 5.74) is 1.42. The first-order valence-electron chi connectivity index (χ1n) is 6.54. The van der Waals surface area contributed by atoms with Gasteiger partial charge in [0.2, 0.25) is 0 Å². The average molecular weight is 288 g/mol. The molecule has 2 aromatic rings. The molecule has 0 saturated carbocycles. The molecule has 0 bridgehead atoms. The van der Waals surface area contributed by atoms with Crippen molar-refractivity contribution in [3.8, 4) is 11.3 Å². The standard InChI is InChI=1S/C15H16N2O4/c1-9(2)16-15(18)14-10(3)8-13(21-14)11-4-6-12(7-5-11)17(19)20/h4-9H,1-3H3,(H,16,18). The van der Waals surface area contributed by atoms with Gasteiger partial charge in [-0.25, -0.2) is 0 Å². The Labute approximate surface area is 121 Å². The van der Waals surface area contributed by atoms with Crippen LogP contribution >= 0.6 is 0 Å². The molecule has 0 spiro atoms. The number of nitro benzene ring substituents is 1. The van der Waals surface area contributed by atoms with Crippen LogP contribution in [0.4, 0.5) is 5.69 Å². The van der Waals surface area contributed by atoms with E-state index in [1.807, 2.05) is 13.8 Å². The number of aryl methyl sites for hydroxylation is 1. The molecule has 0 aliphatic carbocycles. The summed E-state index contributed by atoms with van der Waals surface area (Å²) in [7, 11) is 0. The summed E-state index contributed by atoms with van der Waals surface area (Å²) in [5.74, 6) is 0.504. The van der Waals surface area contributed by atoms with Gasteiger partial charge in [-0.15, -0.1) is 0 Å². The summed E-state index contributed by atoms with van der Waals surface area (Å²) >= 11 is 0. The van der Waals surface area contributed by atoms with Crippen molar-refractivity contribution in [1.82, 2.24) is 5.32 Å². The molecule has 0 aliphatic heterocycles. The lowest BCUT2D eigenvalue weighted by molar-refractivity contribution is -0.384. The maximum atomic E-state index is 12.0. The molecular weight excluding hydrogens is 272 g/mol. The molecule has 0 aliphatic rings. The van der Waals surface area contributed by atoms with E-state index in [9.17, 15) is 14.9 Å². The highest BCUT2D eigenvalue weighted by Crippen LogP contribution is 2.27. The minimum atomic E-state index is -0.460. The summed E-state index contributed by atoms with van der Waals surface area (Å²) in [6.45, 7) is 5.52. The third-order valence-corrected chi connectivity index (χ3v) is 2.91. The molecular formula is C15H16N2O4. The SMILES string of the molecule is Cc1cc(-c2ccc([N+](=O)[O-])cc2)oc1C(=O)NC(C)C. The van der Waals surface area contributed by atoms with Crippen LogP contribution in [0.25, 0.3) is 11.3 Å². The van der Waals surface area contributed by atoms with Crippen molar-refractivity contribution in [2.45, 2.75) is 26.8 Å². The molecule has 0 fully saturated rings. The predicted octanol–water partition coefficient (Wildman–Crippen LogP) is 3.30. The van der Waals surface area contributed by atoms with E-state index in [1.165, 1.54) is 12.1 Å². The monoisotopic (exact) mass is 288 g/mol. The average Bonchev–Trinajstić information content (AvgIpc) is 2.80. The topological polar surface area (TPSA) is 85.4 Å². The minimum absolute atomic E-state index is 0.0137. The normalized spacial score (nSPS) is 10.7. The number of amides is 1. The second-order valence-electron chi connectivity index (χ2n) is 5.05. The van der Waals surface area contributed by atoms with Gasteiger partial charge in [-0.05, 0) is 39.0 Å². The first kappa shape index (κ1) is 14.8. The number of carbonyl (C=O) groups excluding carboxylic acids is 1. The first-order chi connectivity index (χ1) is 9.88. The lowest BCUT2D eigenvalue weighted by atomic mass is 10.1. The van der Waals surface area contributed by atoms with Gasteiger partial charge in [0.1, 0.15) is 5.76 Å². The van der Waals surface area contributed by atoms with Crippen molar-refractivity contribution >= 4 is 11.6 Å². The van der Waals surface area contributed by atoms with Crippen molar-refractivity contribution in [2.75, 3.05) is 0 Å². The zero-order valence-corrected chi connectivity index (χ0v) is 12.0. The van der Waals surface area contributed by atoms with Gasteiger partial charge < -0.3 is 9.73 Å². The number of hydrogen-bond donors (Lipinski definition) is 1. The van der Waals surface area contributed by atoms with Gasteiger partial charge in [-0.1, -0.05) is 0 Å². The number of non-ortho nitro benzene ring substituents is 1. The quantitative estimate of drug-likeness (QED) is 0.691. The Kier molecular flexibility index (Phi) is 4.07. The number of nitrogens with zero attached hydrogens (tertiary/aromatic N) is 1. The molecule has 1 N–H and O–H groups in total. The Morgan fingerprint density at radius 3 is 2.43 bits per heavy atom. The Hall–Kier alpha value is -2.63. The smallest absolute Gasteiger partial charge is 0.287 e. The highest BCUT2D eigenvalue weighted by Gasteiger charge is 2.17. The number of nitro groups is 1. The molecule has 6 heteroatoms. The Morgan fingerprint density at radius 2 is 1.90 bits per heavy atom. The summed E-state index contributed by atoms with van der Waals surface area (Å²) in [4.78, 5) is 22.1. The van der Waals surface area contributed by atoms with Crippen LogP contribution in [0.1, 0.15) is 30.0 Å². The zero-order valence-electron chi connectivity index (χ0n) is 12.0. The lowest BCUT2D eigenvalue weighted by Crippen LogP contribution is -2.30. The van der Waals surface area contributed by atoms with E-state index in [-0.39, 0.29) is 23.4 Å². The van der Waals surface area contributed by atoms with Gasteiger partial charge in [-0.3, -0.25) is 14.9 Å². The molecule has 0 unspecified atom stereocenters. The molecule has 110 valence electrons. The van der Waals surface area contributed by atoms with Crippen LogP contribution in [0.5, 0.6) is 0 Å². The lowest BCUT2D eigenvalue weighted by Gasteiger charge is -2.06. The number of hydrogen-bond acceptors (Lipinski definition) is 4. The van der Waals surface area contributed by atoms with Gasteiger partial charge in [0, 0.05) is 29.3 Å². The van der Waals surface area contributed by atoms with E-state index in [4.69, 9.17) is 4.42 Å². The molecule has 1 amide bonds. The number of benzene rings is 1. The van der Waals surface area contributed by atoms with E-state index in [1.54, 1.807) is 25.1 Å². The molecule has 6 nitrogen and oxygen atoms in total. The molecule has 21 heavy (non-hydrogen) atoms. The van der Waals surface area contributed by atoms with E-state index >= 15 is 0 Å². The molecule has 0 atom stereocenters. The van der Waals surface area contributed by atoms with E-state index < -0.39 is 4.92 Å². The second-order valence-corrected chi connectivity index (χ2v) is 5.05. The number of carbonyl (C=O) groups is 1. The molecule has 0 radical (unpaired) electrons. The first-order valence-corrected chi connectivity index (χ1v) is 6.54. The van der Waals surface area contributed by atoms with E-state index in [0.717, 1.165) is 5.56 Å². The van der Waals surface area contributed by atoms with Crippen molar-refractivity contribution in [3.63, 3.8) is 0 Å². The van der Waals surface area contributed by atoms with Crippen molar-refractivity contribution in [3.05, 3.63) is 51.8 Å². The summed E-state index contributed by atoms with van der Waals surface area (Å²) in [5, 5.41) is 13.4. The summed E-state index contributed by atoms with van der Waals surface area (Å²) in [6, 6.07) is 7.77. The summed E-state index contributed by atoms with van der Waals surface area (Å²) < 4.78 is 5.58. The van der Waals surface area contributed by atoms with Gasteiger partial charge in [0.05, 0.1) is 4.92 Å². The fraction of sp³-hybridized carbons (Fsp3) is 0.267. The maximum Gasteiger partial charge on any atom is 0.287 e. The van der Waals surface area contributed by atoms with Crippen LogP contribution in [0.2, 0.25) is 0 Å². The maximum absolute atomic E-state index is 12.0. The van der Waals surface area contributed by atoms with Crippen molar-refractivity contribution in [1.29, 1.82) is 0 Å². The fourth-order valence-electron chi connectivity index (χ4n) is 1.92. The molecule has 1 aromatic heterocycles. The number of rotatable bonds is 4. The second kappa shape index (κ2) is 5.78. The summed E-state index contributed by atoms with van der Waals surface area (Å²) in [6.07, 6.45) is 0. The van der Waals surface area contributed by atoms with Gasteiger partial charge in [0.25, 0.3) is 11.6 Å². The van der Waals surface area contributed by atoms with Crippen molar-refractivity contribution < 1.29 is 14.1 Å². The minimum Gasteiger partial charge on any atom is -0.451 e. The highest BCUT2D eigenvalue weighted by molar-refractivity contribution is 5.93. The highest BCUT2D eigenvalue weighted by atomic mass is 16.6. The Morgan fingerprint density at radius 1 is 1.29 bits per heavy atom. The van der Waals surface area contributed by atoms with Crippen LogP contribution < -0.4 is 5.32 Å². The third kappa shape index (κ3) is 3.28. The van der Waals surface area contributed by atoms with Crippen LogP contribution in [0, 0.1) is 17.0 Å². The molecule has 0 saturated heterocycles. The number of nitrogens with one attached hydrogen (secondary N) is 1. The van der Waals surface area contributed by atoms with Crippen LogP contribution in [0.3, 0.4) is 0 Å². The largest absolute Gasteiger partial charge is 0.451 e. The van der Waals surface area contributed by atoms with E-state index in [2.05, 4.69) is 5.32 Å². The molecule has 1 heterocycles. The van der Waals surface area contributed by atoms with Crippen LogP contribution in [-0.4, -0.2) is 16.9 Å². The van der Waals surface area contributed by atoms with Gasteiger partial charge >= 0.3 is 0 Å². The third-order valence-electron chi connectivity index (χ3n) is 2.91.